The molecule has 0 nitrogen and oxygen atoms in total. The van der Waals surface area contributed by atoms with Crippen molar-refractivity contribution >= 4 is 0 Å². The van der Waals surface area contributed by atoms with E-state index in [0.29, 0.717) is 5.41 Å². The Morgan fingerprint density at radius 1 is 0.846 bits per heavy atom. The highest BCUT2D eigenvalue weighted by molar-refractivity contribution is 5.11. The topological polar surface area (TPSA) is 0 Å². The average molecular weight is 361 g/mol. The summed E-state index contributed by atoms with van der Waals surface area (Å²) in [6.45, 7) is 18.4. The lowest BCUT2D eigenvalue weighted by Crippen LogP contribution is -2.51. The van der Waals surface area contributed by atoms with Crippen molar-refractivity contribution in [2.45, 2.75) is 112 Å². The van der Waals surface area contributed by atoms with Gasteiger partial charge in [-0.05, 0) is 80.0 Å². The van der Waals surface area contributed by atoms with Crippen LogP contribution in [0.1, 0.15) is 112 Å². The van der Waals surface area contributed by atoms with Crippen LogP contribution < -0.4 is 0 Å². The maximum atomic E-state index is 4.41. The van der Waals surface area contributed by atoms with Crippen molar-refractivity contribution in [3.63, 3.8) is 0 Å². The van der Waals surface area contributed by atoms with E-state index >= 15 is 0 Å². The van der Waals surface area contributed by atoms with Gasteiger partial charge in [0.15, 0.2) is 0 Å². The first-order chi connectivity index (χ1) is 12.4. The van der Waals surface area contributed by atoms with Crippen LogP contribution in [0.15, 0.2) is 12.2 Å². The summed E-state index contributed by atoms with van der Waals surface area (Å²) in [5.74, 6) is 5.68. The normalized spacial score (nSPS) is 43.9. The minimum absolute atomic E-state index is 0.544. The van der Waals surface area contributed by atoms with Crippen molar-refractivity contribution in [3.8, 4) is 0 Å². The van der Waals surface area contributed by atoms with E-state index in [-0.39, 0.29) is 0 Å². The number of hydrogen-bond acceptors (Lipinski definition) is 0. The molecule has 0 saturated heterocycles. The fourth-order valence-corrected chi connectivity index (χ4v) is 7.41. The SMILES string of the molecule is C=C(C)C1CCC(C)C2C3CCCCC(C)CCCC3CCC12C.CC. The lowest BCUT2D eigenvalue weighted by Gasteiger charge is -2.59. The molecule has 7 unspecified atom stereocenters. The molecule has 26 heavy (non-hydrogen) atoms. The summed E-state index contributed by atoms with van der Waals surface area (Å²) >= 11 is 0. The molecule has 3 saturated carbocycles. The molecule has 0 aromatic carbocycles. The molecule has 0 aromatic heterocycles. The number of rotatable bonds is 1. The minimum atomic E-state index is 0.544. The zero-order chi connectivity index (χ0) is 19.3. The summed E-state index contributed by atoms with van der Waals surface area (Å²) in [7, 11) is 0. The van der Waals surface area contributed by atoms with E-state index in [9.17, 15) is 0 Å². The number of allylic oxidation sites excluding steroid dienone is 1. The first-order valence-electron chi connectivity index (χ1n) is 12.1. The molecular formula is C26H48. The van der Waals surface area contributed by atoms with Crippen LogP contribution in [0.5, 0.6) is 0 Å². The second-order valence-corrected chi connectivity index (χ2v) is 10.3. The zero-order valence-electron chi connectivity index (χ0n) is 18.9. The van der Waals surface area contributed by atoms with Crippen LogP contribution in [-0.2, 0) is 0 Å². The van der Waals surface area contributed by atoms with E-state index in [4.69, 9.17) is 0 Å². The van der Waals surface area contributed by atoms with Crippen LogP contribution >= 0.6 is 0 Å². The predicted octanol–water partition coefficient (Wildman–Crippen LogP) is 8.66. The van der Waals surface area contributed by atoms with Gasteiger partial charge in [-0.2, -0.15) is 0 Å². The third-order valence-corrected chi connectivity index (χ3v) is 8.55. The van der Waals surface area contributed by atoms with E-state index in [1.54, 1.807) is 0 Å². The monoisotopic (exact) mass is 360 g/mol. The molecule has 0 heteroatoms. The van der Waals surface area contributed by atoms with Crippen LogP contribution in [0.3, 0.4) is 0 Å². The van der Waals surface area contributed by atoms with Crippen molar-refractivity contribution in [2.75, 3.05) is 0 Å². The molecule has 0 aliphatic heterocycles. The van der Waals surface area contributed by atoms with Crippen molar-refractivity contribution in [1.29, 1.82) is 0 Å². The lowest BCUT2D eigenvalue weighted by atomic mass is 9.46. The summed E-state index contributed by atoms with van der Waals surface area (Å²) in [6.07, 6.45) is 16.3. The van der Waals surface area contributed by atoms with Crippen molar-refractivity contribution in [1.82, 2.24) is 0 Å². The summed E-state index contributed by atoms with van der Waals surface area (Å²) in [4.78, 5) is 0. The van der Waals surface area contributed by atoms with Gasteiger partial charge in [0.2, 0.25) is 0 Å². The Balaban J connectivity index is 0.00000117. The van der Waals surface area contributed by atoms with Crippen molar-refractivity contribution in [2.24, 2.45) is 40.9 Å². The molecule has 152 valence electrons. The van der Waals surface area contributed by atoms with E-state index in [1.165, 1.54) is 76.2 Å². The maximum absolute atomic E-state index is 4.41. The van der Waals surface area contributed by atoms with Gasteiger partial charge in [0, 0.05) is 0 Å². The Bertz CT molecular complexity index is 435. The van der Waals surface area contributed by atoms with Gasteiger partial charge in [0.1, 0.15) is 0 Å². The van der Waals surface area contributed by atoms with Crippen LogP contribution in [-0.4, -0.2) is 0 Å². The smallest absolute Gasteiger partial charge is 0.0152 e. The van der Waals surface area contributed by atoms with Gasteiger partial charge in [-0.1, -0.05) is 85.3 Å². The standard InChI is InChI=1S/C24H42.C2H6/c1-17(2)22-14-13-19(4)23-21-12-7-6-9-18(3)10-8-11-20(21)15-16-24(22,23)5;1-2/h18-23H,1,6-16H2,2-5H3;1-2H3. The van der Waals surface area contributed by atoms with Crippen molar-refractivity contribution in [3.05, 3.63) is 12.2 Å². The van der Waals surface area contributed by atoms with Gasteiger partial charge in [-0.3, -0.25) is 0 Å². The van der Waals surface area contributed by atoms with Gasteiger partial charge >= 0.3 is 0 Å². The van der Waals surface area contributed by atoms with Gasteiger partial charge < -0.3 is 0 Å². The highest BCUT2D eigenvalue weighted by Gasteiger charge is 2.53. The first-order valence-corrected chi connectivity index (χ1v) is 12.1. The predicted molar refractivity (Wildman–Crippen MR) is 117 cm³/mol. The Hall–Kier alpha value is -0.260. The molecule has 0 radical (unpaired) electrons. The molecule has 0 spiro atoms. The second-order valence-electron chi connectivity index (χ2n) is 10.3. The van der Waals surface area contributed by atoms with Crippen molar-refractivity contribution < 1.29 is 0 Å². The molecule has 3 aliphatic carbocycles. The summed E-state index contributed by atoms with van der Waals surface area (Å²) in [5, 5.41) is 0. The second kappa shape index (κ2) is 9.79. The third kappa shape index (κ3) is 4.59. The number of hydrogen-bond donors (Lipinski definition) is 0. The molecule has 7 atom stereocenters. The maximum Gasteiger partial charge on any atom is -0.0152 e. The lowest BCUT2D eigenvalue weighted by molar-refractivity contribution is -0.0848. The largest absolute Gasteiger partial charge is 0.0998 e. The highest BCUT2D eigenvalue weighted by atomic mass is 14.6. The molecule has 0 aromatic rings. The molecular weight excluding hydrogens is 312 g/mol. The Labute approximate surface area is 165 Å². The van der Waals surface area contributed by atoms with Crippen LogP contribution in [0, 0.1) is 40.9 Å². The Morgan fingerprint density at radius 3 is 2.19 bits per heavy atom. The fraction of sp³-hybridized carbons (Fsp3) is 0.923. The quantitative estimate of drug-likeness (QED) is 0.410. The fourth-order valence-electron chi connectivity index (χ4n) is 7.41. The number of fused-ring (bicyclic) bond motifs is 3. The average Bonchev–Trinajstić information content (AvgIpc) is 2.61. The molecule has 0 heterocycles. The van der Waals surface area contributed by atoms with Crippen LogP contribution in [0.25, 0.3) is 0 Å². The highest BCUT2D eigenvalue weighted by Crippen LogP contribution is 2.61. The van der Waals surface area contributed by atoms with Gasteiger partial charge in [-0.25, -0.2) is 0 Å². The first kappa shape index (κ1) is 22.0. The van der Waals surface area contributed by atoms with E-state index in [1.807, 2.05) is 13.8 Å². The Morgan fingerprint density at radius 2 is 1.50 bits per heavy atom. The zero-order valence-corrected chi connectivity index (χ0v) is 18.9. The molecule has 3 rings (SSSR count). The molecule has 0 bridgehead atoms. The summed E-state index contributed by atoms with van der Waals surface area (Å²) in [5.41, 5.74) is 2.02. The Kier molecular flexibility index (Phi) is 8.30. The molecule has 0 amide bonds. The van der Waals surface area contributed by atoms with Gasteiger partial charge in [0.05, 0.1) is 0 Å². The van der Waals surface area contributed by atoms with Crippen LogP contribution in [0.4, 0.5) is 0 Å². The molecule has 3 fully saturated rings. The van der Waals surface area contributed by atoms with Gasteiger partial charge in [0.25, 0.3) is 0 Å². The molecule has 0 N–H and O–H groups in total. The summed E-state index contributed by atoms with van der Waals surface area (Å²) < 4.78 is 0. The molecule has 3 aliphatic rings. The minimum Gasteiger partial charge on any atom is -0.0998 e. The third-order valence-electron chi connectivity index (χ3n) is 8.55. The summed E-state index contributed by atoms with van der Waals surface area (Å²) in [6, 6.07) is 0. The van der Waals surface area contributed by atoms with E-state index < -0.39 is 0 Å². The van der Waals surface area contributed by atoms with E-state index in [2.05, 4.69) is 34.3 Å². The van der Waals surface area contributed by atoms with Crippen LogP contribution in [0.2, 0.25) is 0 Å². The van der Waals surface area contributed by atoms with E-state index in [0.717, 1.165) is 35.5 Å². The van der Waals surface area contributed by atoms with Gasteiger partial charge in [-0.15, -0.1) is 0 Å².